The third-order valence-electron chi connectivity index (χ3n) is 3.55. The van der Waals surface area contributed by atoms with Crippen molar-refractivity contribution in [2.24, 2.45) is 7.05 Å². The van der Waals surface area contributed by atoms with Crippen molar-refractivity contribution in [3.63, 3.8) is 0 Å². The highest BCUT2D eigenvalue weighted by Gasteiger charge is 2.41. The van der Waals surface area contributed by atoms with Crippen molar-refractivity contribution in [2.45, 2.75) is 32.0 Å². The van der Waals surface area contributed by atoms with Gasteiger partial charge in [-0.25, -0.2) is 4.68 Å². The van der Waals surface area contributed by atoms with Crippen molar-refractivity contribution in [3.05, 3.63) is 52.4 Å². The number of halogens is 3. The van der Waals surface area contributed by atoms with Crippen LogP contribution in [0, 0.1) is 0 Å². The van der Waals surface area contributed by atoms with Gasteiger partial charge in [0.15, 0.2) is 0 Å². The zero-order chi connectivity index (χ0) is 18.1. The Hall–Kier alpha value is -2.51. The van der Waals surface area contributed by atoms with Crippen LogP contribution in [-0.4, -0.2) is 27.0 Å². The molecule has 24 heavy (non-hydrogen) atoms. The highest BCUT2D eigenvalue weighted by Crippen LogP contribution is 2.19. The zero-order valence-electron chi connectivity index (χ0n) is 13.5. The fourth-order valence-corrected chi connectivity index (χ4v) is 2.48. The number of amides is 1. The fourth-order valence-electron chi connectivity index (χ4n) is 2.48. The molecule has 0 bridgehead atoms. The number of rotatable bonds is 4. The summed E-state index contributed by atoms with van der Waals surface area (Å²) >= 11 is 0. The Morgan fingerprint density at radius 2 is 1.75 bits per heavy atom. The average molecular weight is 341 g/mol. The minimum Gasteiger partial charge on any atom is -0.343 e. The normalized spacial score (nSPS) is 12.2. The molecule has 8 heteroatoms. The molecular weight excluding hydrogens is 323 g/mol. The summed E-state index contributed by atoms with van der Waals surface area (Å²) in [6, 6.07) is 10.2. The van der Waals surface area contributed by atoms with Gasteiger partial charge in [0, 0.05) is 30.8 Å². The van der Waals surface area contributed by atoms with Crippen LogP contribution in [0.15, 0.2) is 41.2 Å². The van der Waals surface area contributed by atoms with Gasteiger partial charge >= 0.3 is 12.1 Å². The molecule has 0 aliphatic carbocycles. The predicted molar refractivity (Wildman–Crippen MR) is 83.0 cm³/mol. The van der Waals surface area contributed by atoms with E-state index in [-0.39, 0.29) is 12.0 Å². The summed E-state index contributed by atoms with van der Waals surface area (Å²) in [5, 5.41) is 1.95. The lowest BCUT2D eigenvalue weighted by atomic mass is 9.98. The van der Waals surface area contributed by atoms with Crippen LogP contribution in [0.25, 0.3) is 5.69 Å². The van der Waals surface area contributed by atoms with Crippen LogP contribution >= 0.6 is 0 Å². The number of hydrogen-bond donors (Lipinski definition) is 1. The van der Waals surface area contributed by atoms with Crippen LogP contribution in [0.2, 0.25) is 0 Å². The van der Waals surface area contributed by atoms with Crippen molar-refractivity contribution < 1.29 is 18.0 Å². The van der Waals surface area contributed by atoms with Crippen LogP contribution in [0.3, 0.4) is 0 Å². The molecule has 0 fully saturated rings. The van der Waals surface area contributed by atoms with E-state index in [1.54, 1.807) is 36.0 Å². The average Bonchev–Trinajstić information content (AvgIpc) is 2.72. The van der Waals surface area contributed by atoms with E-state index >= 15 is 0 Å². The molecule has 130 valence electrons. The summed E-state index contributed by atoms with van der Waals surface area (Å²) < 4.78 is 40.2. The van der Waals surface area contributed by atoms with E-state index in [0.29, 0.717) is 11.4 Å². The molecule has 1 N–H and O–H groups in total. The summed E-state index contributed by atoms with van der Waals surface area (Å²) in [4.78, 5) is 23.3. The van der Waals surface area contributed by atoms with Gasteiger partial charge in [0.2, 0.25) is 0 Å². The van der Waals surface area contributed by atoms with Crippen molar-refractivity contribution in [1.29, 1.82) is 0 Å². The van der Waals surface area contributed by atoms with Gasteiger partial charge in [0.25, 0.3) is 5.56 Å². The fraction of sp³-hybridized carbons (Fsp3) is 0.375. The molecule has 2 rings (SSSR count). The summed E-state index contributed by atoms with van der Waals surface area (Å²) in [5.41, 5.74) is -0.305. The minimum atomic E-state index is -4.95. The molecule has 0 atom stereocenters. The summed E-state index contributed by atoms with van der Waals surface area (Å²) in [5.74, 6) is -2.00. The maximum Gasteiger partial charge on any atom is 0.471 e. The van der Waals surface area contributed by atoms with E-state index in [1.165, 1.54) is 24.6 Å². The molecular formula is C16H18F3N3O2. The Morgan fingerprint density at radius 1 is 1.17 bits per heavy atom. The van der Waals surface area contributed by atoms with E-state index in [2.05, 4.69) is 0 Å². The Bertz CT molecular complexity index is 789. The first-order valence-corrected chi connectivity index (χ1v) is 7.24. The van der Waals surface area contributed by atoms with E-state index in [1.807, 2.05) is 11.4 Å². The highest BCUT2D eigenvalue weighted by molar-refractivity contribution is 5.82. The summed E-state index contributed by atoms with van der Waals surface area (Å²) in [6.07, 6.45) is -4.88. The van der Waals surface area contributed by atoms with Crippen molar-refractivity contribution in [2.75, 3.05) is 0 Å². The van der Waals surface area contributed by atoms with Gasteiger partial charge in [-0.05, 0) is 26.0 Å². The molecule has 0 saturated heterocycles. The lowest BCUT2D eigenvalue weighted by Gasteiger charge is -2.27. The Kier molecular flexibility index (Phi) is 4.59. The molecule has 0 unspecified atom stereocenters. The first-order chi connectivity index (χ1) is 11.0. The Labute approximate surface area is 136 Å². The largest absolute Gasteiger partial charge is 0.471 e. The maximum absolute atomic E-state index is 12.4. The van der Waals surface area contributed by atoms with Gasteiger partial charge in [-0.15, -0.1) is 0 Å². The minimum absolute atomic E-state index is 0.0698. The number of aromatic nitrogens is 2. The molecule has 0 radical (unpaired) electrons. The molecule has 0 spiro atoms. The standard InChI is InChI=1S/C16H18F3N3O2/c1-15(2,20-14(24)16(17,18)19)10-12-9-13(23)22(21(12)3)11-7-5-4-6-8-11/h4-9H,10H2,1-3H3,(H,20,24). The first kappa shape index (κ1) is 17.8. The maximum atomic E-state index is 12.4. The first-order valence-electron chi connectivity index (χ1n) is 7.24. The lowest BCUT2D eigenvalue weighted by Crippen LogP contribution is -2.50. The molecule has 0 aliphatic rings. The van der Waals surface area contributed by atoms with Crippen LogP contribution in [-0.2, 0) is 18.3 Å². The number of carbonyl (C=O) groups is 1. The van der Waals surface area contributed by atoms with Crippen molar-refractivity contribution >= 4 is 5.91 Å². The third-order valence-corrected chi connectivity index (χ3v) is 3.55. The molecule has 1 aromatic carbocycles. The van der Waals surface area contributed by atoms with Crippen LogP contribution < -0.4 is 10.9 Å². The summed E-state index contributed by atoms with van der Waals surface area (Å²) in [7, 11) is 1.64. The number of hydrogen-bond acceptors (Lipinski definition) is 2. The predicted octanol–water partition coefficient (Wildman–Crippen LogP) is 2.18. The molecule has 1 heterocycles. The second kappa shape index (κ2) is 6.18. The quantitative estimate of drug-likeness (QED) is 0.927. The van der Waals surface area contributed by atoms with Crippen LogP contribution in [0.4, 0.5) is 13.2 Å². The molecule has 1 amide bonds. The SMILES string of the molecule is Cn1c(CC(C)(C)NC(=O)C(F)(F)F)cc(=O)n1-c1ccccc1. The van der Waals surface area contributed by atoms with Gasteiger partial charge < -0.3 is 5.32 Å². The van der Waals surface area contributed by atoms with Gasteiger partial charge in [0.05, 0.1) is 5.69 Å². The summed E-state index contributed by atoms with van der Waals surface area (Å²) in [6.45, 7) is 2.95. The second-order valence-corrected chi connectivity index (χ2v) is 6.16. The lowest BCUT2D eigenvalue weighted by molar-refractivity contribution is -0.175. The van der Waals surface area contributed by atoms with Crippen molar-refractivity contribution in [1.82, 2.24) is 14.7 Å². The van der Waals surface area contributed by atoms with Crippen LogP contribution in [0.1, 0.15) is 19.5 Å². The van der Waals surface area contributed by atoms with Gasteiger partial charge in [0.1, 0.15) is 0 Å². The van der Waals surface area contributed by atoms with Gasteiger partial charge in [-0.2, -0.15) is 13.2 Å². The monoisotopic (exact) mass is 341 g/mol. The van der Waals surface area contributed by atoms with Crippen LogP contribution in [0.5, 0.6) is 0 Å². The second-order valence-electron chi connectivity index (χ2n) is 6.16. The Morgan fingerprint density at radius 3 is 2.29 bits per heavy atom. The number of nitrogens with one attached hydrogen (secondary N) is 1. The molecule has 0 saturated carbocycles. The number of benzene rings is 1. The van der Waals surface area contributed by atoms with E-state index in [9.17, 15) is 22.8 Å². The van der Waals surface area contributed by atoms with E-state index in [0.717, 1.165) is 0 Å². The molecule has 1 aromatic heterocycles. The number of carbonyl (C=O) groups excluding carboxylic acids is 1. The van der Waals surface area contributed by atoms with Gasteiger partial charge in [-0.3, -0.25) is 14.3 Å². The number of nitrogens with zero attached hydrogens (tertiary/aromatic N) is 2. The topological polar surface area (TPSA) is 56.0 Å². The van der Waals surface area contributed by atoms with E-state index < -0.39 is 17.6 Å². The third kappa shape index (κ3) is 3.87. The number of alkyl halides is 3. The zero-order valence-corrected chi connectivity index (χ0v) is 13.5. The molecule has 0 aliphatic heterocycles. The van der Waals surface area contributed by atoms with E-state index in [4.69, 9.17) is 0 Å². The molecule has 2 aromatic rings. The Balaban J connectivity index is 2.28. The smallest absolute Gasteiger partial charge is 0.343 e. The van der Waals surface area contributed by atoms with Crippen molar-refractivity contribution in [3.8, 4) is 5.69 Å². The molecule has 5 nitrogen and oxygen atoms in total. The van der Waals surface area contributed by atoms with Gasteiger partial charge in [-0.1, -0.05) is 18.2 Å². The number of para-hydroxylation sites is 1. The highest BCUT2D eigenvalue weighted by atomic mass is 19.4.